The predicted octanol–water partition coefficient (Wildman–Crippen LogP) is 4.02. The van der Waals surface area contributed by atoms with E-state index in [0.29, 0.717) is 16.5 Å². The van der Waals surface area contributed by atoms with Crippen molar-refractivity contribution in [1.82, 2.24) is 15.0 Å². The first-order valence-corrected chi connectivity index (χ1v) is 8.55. The second kappa shape index (κ2) is 7.31. The molecule has 0 radical (unpaired) electrons. The molecule has 0 bridgehead atoms. The van der Waals surface area contributed by atoms with Gasteiger partial charge in [-0.2, -0.15) is 0 Å². The molecule has 24 heavy (non-hydrogen) atoms. The SMILES string of the molecule is CC(C)Sc1ccc(C(=O)Nc2ccccc2-n2ccnn2)cc1. The van der Waals surface area contributed by atoms with Gasteiger partial charge in [0, 0.05) is 15.7 Å². The van der Waals surface area contributed by atoms with Crippen molar-refractivity contribution in [1.29, 1.82) is 0 Å². The molecule has 5 nitrogen and oxygen atoms in total. The number of thioether (sulfide) groups is 1. The molecule has 0 unspecified atom stereocenters. The number of rotatable bonds is 5. The number of anilines is 1. The van der Waals surface area contributed by atoms with Gasteiger partial charge in [0.15, 0.2) is 0 Å². The molecular weight excluding hydrogens is 320 g/mol. The first kappa shape index (κ1) is 16.3. The summed E-state index contributed by atoms with van der Waals surface area (Å²) in [7, 11) is 0. The van der Waals surface area contributed by atoms with E-state index >= 15 is 0 Å². The van der Waals surface area contributed by atoms with Crippen LogP contribution in [0.2, 0.25) is 0 Å². The van der Waals surface area contributed by atoms with Crippen molar-refractivity contribution in [2.24, 2.45) is 0 Å². The molecule has 0 aliphatic rings. The molecule has 0 saturated heterocycles. The normalized spacial score (nSPS) is 10.8. The average Bonchev–Trinajstić information content (AvgIpc) is 3.10. The third-order valence-corrected chi connectivity index (χ3v) is 4.33. The third kappa shape index (κ3) is 3.83. The van der Waals surface area contributed by atoms with Gasteiger partial charge in [-0.3, -0.25) is 4.79 Å². The zero-order valence-corrected chi connectivity index (χ0v) is 14.3. The first-order chi connectivity index (χ1) is 11.6. The number of nitrogens with one attached hydrogen (secondary N) is 1. The number of hydrogen-bond donors (Lipinski definition) is 1. The summed E-state index contributed by atoms with van der Waals surface area (Å²) in [5.74, 6) is -0.149. The standard InChI is InChI=1S/C18H18N4OS/c1-13(2)24-15-9-7-14(8-10-15)18(23)20-16-5-3-4-6-17(16)22-12-11-19-21-22/h3-13H,1-2H3,(H,20,23). The highest BCUT2D eigenvalue weighted by Crippen LogP contribution is 2.24. The molecule has 1 N–H and O–H groups in total. The fourth-order valence-electron chi connectivity index (χ4n) is 2.27. The smallest absolute Gasteiger partial charge is 0.255 e. The van der Waals surface area contributed by atoms with Crippen LogP contribution in [0, 0.1) is 0 Å². The van der Waals surface area contributed by atoms with E-state index in [1.165, 1.54) is 0 Å². The molecule has 0 aliphatic carbocycles. The topological polar surface area (TPSA) is 59.8 Å². The molecule has 3 rings (SSSR count). The van der Waals surface area contributed by atoms with Gasteiger partial charge in [0.2, 0.25) is 0 Å². The van der Waals surface area contributed by atoms with Crippen LogP contribution < -0.4 is 5.32 Å². The maximum atomic E-state index is 12.5. The second-order valence-corrected chi connectivity index (χ2v) is 7.16. The molecule has 2 aromatic carbocycles. The number of benzene rings is 2. The Morgan fingerprint density at radius 2 is 1.88 bits per heavy atom. The Bertz CT molecular complexity index is 813. The number of amides is 1. The van der Waals surface area contributed by atoms with Gasteiger partial charge in [0.05, 0.1) is 23.8 Å². The summed E-state index contributed by atoms with van der Waals surface area (Å²) < 4.78 is 1.62. The van der Waals surface area contributed by atoms with Crippen LogP contribution in [0.25, 0.3) is 5.69 Å². The van der Waals surface area contributed by atoms with Crippen molar-refractivity contribution in [3.63, 3.8) is 0 Å². The fourth-order valence-corrected chi connectivity index (χ4v) is 3.10. The van der Waals surface area contributed by atoms with Crippen molar-refractivity contribution in [2.75, 3.05) is 5.32 Å². The summed E-state index contributed by atoms with van der Waals surface area (Å²) in [6.07, 6.45) is 3.34. The zero-order chi connectivity index (χ0) is 16.9. The Hall–Kier alpha value is -2.60. The molecule has 0 aliphatic heterocycles. The zero-order valence-electron chi connectivity index (χ0n) is 13.5. The lowest BCUT2D eigenvalue weighted by Gasteiger charge is -2.11. The van der Waals surface area contributed by atoms with Crippen LogP contribution >= 0.6 is 11.8 Å². The predicted molar refractivity (Wildman–Crippen MR) is 96.7 cm³/mol. The lowest BCUT2D eigenvalue weighted by atomic mass is 10.2. The van der Waals surface area contributed by atoms with Crippen LogP contribution in [0.4, 0.5) is 5.69 Å². The lowest BCUT2D eigenvalue weighted by molar-refractivity contribution is 0.102. The molecule has 0 spiro atoms. The van der Waals surface area contributed by atoms with E-state index in [-0.39, 0.29) is 5.91 Å². The van der Waals surface area contributed by atoms with Crippen molar-refractivity contribution < 1.29 is 4.79 Å². The van der Waals surface area contributed by atoms with E-state index in [1.807, 2.05) is 48.5 Å². The summed E-state index contributed by atoms with van der Waals surface area (Å²) in [6.45, 7) is 4.29. The minimum Gasteiger partial charge on any atom is -0.320 e. The number of aromatic nitrogens is 3. The van der Waals surface area contributed by atoms with Gasteiger partial charge in [-0.05, 0) is 36.4 Å². The molecule has 6 heteroatoms. The molecule has 1 aromatic heterocycles. The van der Waals surface area contributed by atoms with Crippen LogP contribution in [0.1, 0.15) is 24.2 Å². The molecule has 3 aromatic rings. The minimum absolute atomic E-state index is 0.149. The Morgan fingerprint density at radius 1 is 1.12 bits per heavy atom. The number of carbonyl (C=O) groups is 1. The van der Waals surface area contributed by atoms with Gasteiger partial charge in [-0.15, -0.1) is 16.9 Å². The van der Waals surface area contributed by atoms with Crippen LogP contribution in [-0.2, 0) is 0 Å². The van der Waals surface area contributed by atoms with Crippen molar-refractivity contribution in [2.45, 2.75) is 24.0 Å². The summed E-state index contributed by atoms with van der Waals surface area (Å²) in [4.78, 5) is 13.7. The van der Waals surface area contributed by atoms with Crippen molar-refractivity contribution >= 4 is 23.4 Å². The highest BCUT2D eigenvalue weighted by atomic mass is 32.2. The first-order valence-electron chi connectivity index (χ1n) is 7.67. The number of carbonyl (C=O) groups excluding carboxylic acids is 1. The van der Waals surface area contributed by atoms with Gasteiger partial charge in [0.1, 0.15) is 0 Å². The molecular formula is C18H18N4OS. The number of hydrogen-bond acceptors (Lipinski definition) is 4. The van der Waals surface area contributed by atoms with Gasteiger partial charge >= 0.3 is 0 Å². The van der Waals surface area contributed by atoms with Gasteiger partial charge in [-0.25, -0.2) is 4.68 Å². The third-order valence-electron chi connectivity index (χ3n) is 3.31. The van der Waals surface area contributed by atoms with Crippen LogP contribution in [0.15, 0.2) is 65.8 Å². The monoisotopic (exact) mass is 338 g/mol. The summed E-state index contributed by atoms with van der Waals surface area (Å²) in [5.41, 5.74) is 2.08. The maximum absolute atomic E-state index is 12.5. The van der Waals surface area contributed by atoms with E-state index < -0.39 is 0 Å². The Kier molecular flexibility index (Phi) is 4.96. The highest BCUT2D eigenvalue weighted by molar-refractivity contribution is 7.99. The largest absolute Gasteiger partial charge is 0.320 e. The van der Waals surface area contributed by atoms with E-state index in [1.54, 1.807) is 28.8 Å². The molecule has 1 amide bonds. The summed E-state index contributed by atoms with van der Waals surface area (Å²) in [5, 5.41) is 11.2. The fraction of sp³-hybridized carbons (Fsp3) is 0.167. The Labute approximate surface area is 145 Å². The van der Waals surface area contributed by atoms with E-state index in [4.69, 9.17) is 0 Å². The minimum atomic E-state index is -0.149. The Morgan fingerprint density at radius 3 is 2.54 bits per heavy atom. The lowest BCUT2D eigenvalue weighted by Crippen LogP contribution is -2.14. The van der Waals surface area contributed by atoms with Crippen LogP contribution in [0.5, 0.6) is 0 Å². The van der Waals surface area contributed by atoms with Crippen LogP contribution in [-0.4, -0.2) is 26.2 Å². The highest BCUT2D eigenvalue weighted by Gasteiger charge is 2.10. The number of nitrogens with zero attached hydrogens (tertiary/aromatic N) is 3. The molecule has 122 valence electrons. The van der Waals surface area contributed by atoms with E-state index in [0.717, 1.165) is 10.6 Å². The molecule has 0 fully saturated rings. The average molecular weight is 338 g/mol. The van der Waals surface area contributed by atoms with Gasteiger partial charge in [0.25, 0.3) is 5.91 Å². The van der Waals surface area contributed by atoms with E-state index in [9.17, 15) is 4.79 Å². The molecule has 1 heterocycles. The second-order valence-electron chi connectivity index (χ2n) is 5.51. The van der Waals surface area contributed by atoms with Crippen molar-refractivity contribution in [3.05, 3.63) is 66.5 Å². The number of para-hydroxylation sites is 2. The summed E-state index contributed by atoms with van der Waals surface area (Å²) >= 11 is 1.77. The Balaban J connectivity index is 1.78. The maximum Gasteiger partial charge on any atom is 0.255 e. The molecule has 0 saturated carbocycles. The quantitative estimate of drug-likeness (QED) is 0.714. The van der Waals surface area contributed by atoms with E-state index in [2.05, 4.69) is 29.5 Å². The molecule has 0 atom stereocenters. The van der Waals surface area contributed by atoms with Crippen LogP contribution in [0.3, 0.4) is 0 Å². The van der Waals surface area contributed by atoms with Gasteiger partial charge in [-0.1, -0.05) is 31.2 Å². The van der Waals surface area contributed by atoms with Gasteiger partial charge < -0.3 is 5.32 Å². The summed E-state index contributed by atoms with van der Waals surface area (Å²) in [6, 6.07) is 15.1. The van der Waals surface area contributed by atoms with Crippen molar-refractivity contribution in [3.8, 4) is 5.69 Å².